The topological polar surface area (TPSA) is 253 Å². The summed E-state index contributed by atoms with van der Waals surface area (Å²) in [6.45, 7) is 3.54. The Labute approximate surface area is 224 Å². The van der Waals surface area contributed by atoms with Crippen molar-refractivity contribution in [3.05, 3.63) is 36.0 Å². The number of benzene rings is 1. The molecule has 1 heterocycles. The molecular formula is C25H35N7O7. The van der Waals surface area contributed by atoms with Gasteiger partial charge in [0, 0.05) is 23.5 Å². The van der Waals surface area contributed by atoms with Crippen molar-refractivity contribution in [2.45, 2.75) is 63.7 Å². The quantitative estimate of drug-likeness (QED) is 0.129. The largest absolute Gasteiger partial charge is 0.480 e. The molecular weight excluding hydrogens is 510 g/mol. The van der Waals surface area contributed by atoms with Crippen LogP contribution in [-0.4, -0.2) is 69.8 Å². The normalized spacial score (nSPS) is 14.2. The van der Waals surface area contributed by atoms with Crippen molar-refractivity contribution in [3.63, 3.8) is 0 Å². The van der Waals surface area contributed by atoms with Crippen molar-refractivity contribution < 1.29 is 33.9 Å². The third-order valence-corrected chi connectivity index (χ3v) is 5.85. The second-order valence-corrected chi connectivity index (χ2v) is 9.66. The Morgan fingerprint density at radius 1 is 0.846 bits per heavy atom. The molecule has 1 aromatic heterocycles. The average molecular weight is 546 g/mol. The number of amides is 5. The van der Waals surface area contributed by atoms with Gasteiger partial charge in [-0.15, -0.1) is 0 Å². The van der Waals surface area contributed by atoms with Crippen LogP contribution in [0.25, 0.3) is 10.9 Å². The van der Waals surface area contributed by atoms with Crippen LogP contribution in [-0.2, 0) is 35.2 Å². The highest BCUT2D eigenvalue weighted by Gasteiger charge is 2.32. The van der Waals surface area contributed by atoms with Gasteiger partial charge in [-0.25, -0.2) is 4.79 Å². The highest BCUT2D eigenvalue weighted by atomic mass is 16.4. The molecule has 2 rings (SSSR count). The van der Waals surface area contributed by atoms with E-state index in [2.05, 4.69) is 20.9 Å². The van der Waals surface area contributed by atoms with Gasteiger partial charge in [-0.1, -0.05) is 32.0 Å². The van der Waals surface area contributed by atoms with Crippen molar-refractivity contribution in [3.8, 4) is 0 Å². The summed E-state index contributed by atoms with van der Waals surface area (Å²) < 4.78 is 0. The van der Waals surface area contributed by atoms with Crippen molar-refractivity contribution in [1.29, 1.82) is 0 Å². The Morgan fingerprint density at radius 3 is 2.00 bits per heavy atom. The zero-order valence-corrected chi connectivity index (χ0v) is 21.7. The lowest BCUT2D eigenvalue weighted by atomic mass is 10.0. The van der Waals surface area contributed by atoms with E-state index in [1.807, 2.05) is 12.1 Å². The number of fused-ring (bicyclic) bond motifs is 1. The van der Waals surface area contributed by atoms with Gasteiger partial charge in [-0.3, -0.25) is 24.0 Å². The maximum absolute atomic E-state index is 13.4. The summed E-state index contributed by atoms with van der Waals surface area (Å²) in [7, 11) is 0. The van der Waals surface area contributed by atoms with Crippen LogP contribution in [0.2, 0.25) is 0 Å². The number of nitrogens with two attached hydrogens (primary N) is 3. The molecule has 11 N–H and O–H groups in total. The fourth-order valence-corrected chi connectivity index (χ4v) is 3.97. The van der Waals surface area contributed by atoms with Gasteiger partial charge in [0.15, 0.2) is 0 Å². The van der Waals surface area contributed by atoms with E-state index in [-0.39, 0.29) is 18.8 Å². The molecule has 0 aliphatic rings. The molecule has 1 aromatic carbocycles. The van der Waals surface area contributed by atoms with Gasteiger partial charge in [-0.2, -0.15) is 0 Å². The zero-order chi connectivity index (χ0) is 29.3. The molecule has 0 aliphatic heterocycles. The second kappa shape index (κ2) is 13.9. The minimum atomic E-state index is -1.52. The molecule has 0 fully saturated rings. The first-order chi connectivity index (χ1) is 18.3. The Morgan fingerprint density at radius 2 is 1.41 bits per heavy atom. The minimum Gasteiger partial charge on any atom is -0.480 e. The van der Waals surface area contributed by atoms with Crippen LogP contribution in [0.1, 0.15) is 38.7 Å². The number of aliphatic carboxylic acids is 1. The molecule has 0 saturated carbocycles. The number of aromatic amines is 1. The number of carboxylic acid groups (broad SMARTS) is 1. The predicted octanol–water partition coefficient (Wildman–Crippen LogP) is -1.63. The molecule has 0 unspecified atom stereocenters. The summed E-state index contributed by atoms with van der Waals surface area (Å²) in [5, 5.41) is 17.4. The Bertz CT molecular complexity index is 1230. The van der Waals surface area contributed by atoms with Gasteiger partial charge in [0.25, 0.3) is 0 Å². The monoisotopic (exact) mass is 545 g/mol. The average Bonchev–Trinajstić information content (AvgIpc) is 3.24. The van der Waals surface area contributed by atoms with E-state index in [1.54, 1.807) is 32.2 Å². The number of hydrogen-bond acceptors (Lipinski definition) is 7. The van der Waals surface area contributed by atoms with Gasteiger partial charge in [0.05, 0.1) is 18.9 Å². The maximum atomic E-state index is 13.4. The number of aromatic nitrogens is 1. The molecule has 14 heteroatoms. The number of carbonyl (C=O) groups is 6. The van der Waals surface area contributed by atoms with E-state index in [0.29, 0.717) is 5.56 Å². The smallest absolute Gasteiger partial charge is 0.326 e. The lowest BCUT2D eigenvalue weighted by molar-refractivity contribution is -0.143. The minimum absolute atomic E-state index is 0.0547. The number of hydrogen-bond donors (Lipinski definition) is 8. The molecule has 5 amide bonds. The van der Waals surface area contributed by atoms with Crippen molar-refractivity contribution in [2.75, 3.05) is 0 Å². The van der Waals surface area contributed by atoms with E-state index in [1.165, 1.54) is 0 Å². The van der Waals surface area contributed by atoms with Crippen molar-refractivity contribution in [2.24, 2.45) is 23.1 Å². The van der Waals surface area contributed by atoms with E-state index in [0.717, 1.165) is 10.9 Å². The first-order valence-electron chi connectivity index (χ1n) is 12.3. The molecule has 0 saturated heterocycles. The number of para-hydroxylation sites is 1. The Balaban J connectivity index is 2.31. The SMILES string of the molecule is CC(C)C[C@H](NC(=O)[C@H](CC(N)=O)NC(=O)[C@H](Cc1c[nH]c2ccccc12)NC(=O)[C@@H](N)CC(N)=O)C(=O)O. The second-order valence-electron chi connectivity index (χ2n) is 9.66. The molecule has 0 aliphatic carbocycles. The maximum Gasteiger partial charge on any atom is 0.326 e. The van der Waals surface area contributed by atoms with Crippen LogP contribution < -0.4 is 33.2 Å². The summed E-state index contributed by atoms with van der Waals surface area (Å²) in [4.78, 5) is 76.5. The van der Waals surface area contributed by atoms with Crippen LogP contribution in [0.3, 0.4) is 0 Å². The zero-order valence-electron chi connectivity index (χ0n) is 21.7. The fraction of sp³-hybridized carbons (Fsp3) is 0.440. The number of carbonyl (C=O) groups excluding carboxylic acids is 5. The van der Waals surface area contributed by atoms with Crippen LogP contribution in [0, 0.1) is 5.92 Å². The number of primary amides is 2. The predicted molar refractivity (Wildman–Crippen MR) is 140 cm³/mol. The lowest BCUT2D eigenvalue weighted by Gasteiger charge is -2.25. The summed E-state index contributed by atoms with van der Waals surface area (Å²) >= 11 is 0. The first kappa shape index (κ1) is 30.8. The van der Waals surface area contributed by atoms with Crippen molar-refractivity contribution in [1.82, 2.24) is 20.9 Å². The van der Waals surface area contributed by atoms with Crippen molar-refractivity contribution >= 4 is 46.4 Å². The third-order valence-electron chi connectivity index (χ3n) is 5.85. The third kappa shape index (κ3) is 9.41. The van der Waals surface area contributed by atoms with Crippen LogP contribution in [0.15, 0.2) is 30.5 Å². The van der Waals surface area contributed by atoms with Gasteiger partial charge in [0.2, 0.25) is 29.5 Å². The summed E-state index contributed by atoms with van der Waals surface area (Å²) in [5.74, 6) is -5.73. The van der Waals surface area contributed by atoms with Crippen LogP contribution in [0.5, 0.6) is 0 Å². The summed E-state index contributed by atoms with van der Waals surface area (Å²) in [5.41, 5.74) is 17.6. The molecule has 39 heavy (non-hydrogen) atoms. The number of nitrogens with one attached hydrogen (secondary N) is 4. The van der Waals surface area contributed by atoms with E-state index < -0.39 is 72.5 Å². The first-order valence-corrected chi connectivity index (χ1v) is 12.3. The van der Waals surface area contributed by atoms with Gasteiger partial charge in [-0.05, 0) is 24.0 Å². The van der Waals surface area contributed by atoms with Gasteiger partial charge in [0.1, 0.15) is 18.1 Å². The molecule has 212 valence electrons. The molecule has 0 bridgehead atoms. The number of carboxylic acids is 1. The lowest BCUT2D eigenvalue weighted by Crippen LogP contribution is -2.58. The molecule has 14 nitrogen and oxygen atoms in total. The highest BCUT2D eigenvalue weighted by molar-refractivity contribution is 5.97. The van der Waals surface area contributed by atoms with E-state index in [9.17, 15) is 33.9 Å². The van der Waals surface area contributed by atoms with E-state index in [4.69, 9.17) is 17.2 Å². The van der Waals surface area contributed by atoms with Gasteiger partial charge < -0.3 is 43.2 Å². The van der Waals surface area contributed by atoms with E-state index >= 15 is 0 Å². The molecule has 0 radical (unpaired) electrons. The Hall–Kier alpha value is -4.46. The molecule has 2 aromatic rings. The standard InChI is InChI=1S/C25H35N7O7/c1-12(2)7-19(25(38)39)32-24(37)18(10-21(28)34)31-23(36)17(30-22(35)15(26)9-20(27)33)8-13-11-29-16-6-4-3-5-14(13)16/h3-6,11-12,15,17-19,29H,7-10,26H2,1-2H3,(H2,27,33)(H2,28,34)(H,30,35)(H,31,36)(H,32,37)(H,38,39)/t15-,17-,18-,19-/m0/s1. The summed E-state index contributed by atoms with van der Waals surface area (Å²) in [6, 6.07) is 1.80. The number of rotatable bonds is 15. The fourth-order valence-electron chi connectivity index (χ4n) is 3.97. The van der Waals surface area contributed by atoms with Crippen LogP contribution in [0.4, 0.5) is 0 Å². The molecule has 0 spiro atoms. The Kier molecular flexibility index (Phi) is 11.0. The van der Waals surface area contributed by atoms with Crippen LogP contribution >= 0.6 is 0 Å². The number of H-pyrrole nitrogens is 1. The highest BCUT2D eigenvalue weighted by Crippen LogP contribution is 2.19. The summed E-state index contributed by atoms with van der Waals surface area (Å²) in [6.07, 6.45) is 0.612. The molecule has 4 atom stereocenters. The van der Waals surface area contributed by atoms with Gasteiger partial charge >= 0.3 is 5.97 Å².